The van der Waals surface area contributed by atoms with Gasteiger partial charge in [0.25, 0.3) is 0 Å². The fourth-order valence-corrected chi connectivity index (χ4v) is 7.07. The molecule has 0 atom stereocenters. The van der Waals surface area contributed by atoms with Crippen molar-refractivity contribution in [3.63, 3.8) is 0 Å². The first-order valence-corrected chi connectivity index (χ1v) is 14.5. The zero-order valence-electron chi connectivity index (χ0n) is 23.2. The molecule has 6 rings (SSSR count). The Morgan fingerprint density at radius 3 is 1.95 bits per heavy atom. The molecule has 3 aromatic rings. The first kappa shape index (κ1) is 27.1. The normalized spacial score (nSPS) is 20.4. The Balaban J connectivity index is 1.40. The van der Waals surface area contributed by atoms with Crippen LogP contribution in [0.25, 0.3) is 10.8 Å². The van der Waals surface area contributed by atoms with Gasteiger partial charge in [0.05, 0.1) is 10.0 Å². The van der Waals surface area contributed by atoms with Gasteiger partial charge < -0.3 is 9.47 Å². The van der Waals surface area contributed by atoms with Gasteiger partial charge in [0, 0.05) is 42.7 Å². The van der Waals surface area contributed by atoms with Crippen LogP contribution in [0.1, 0.15) is 70.4 Å². The maximum absolute atomic E-state index is 13.6. The number of Topliss-reactive ketones (excluding diaryl/α,β-unsaturated/α-hetero) is 2. The minimum absolute atomic E-state index is 0.00367. The molecule has 0 saturated carbocycles. The number of carbonyl (C=O) groups excluding carboxylic acids is 2. The summed E-state index contributed by atoms with van der Waals surface area (Å²) in [5, 5.41) is 2.91. The SMILES string of the molecule is CC1(C)CC(=O)C2=C(C1)OC1=C(C(=O)CC(C)(C)C1)C2c1cc(Cl)c(OCc2cccc3ccccc23)c(Cl)c1. The van der Waals surface area contributed by atoms with Crippen molar-refractivity contribution >= 4 is 45.5 Å². The molecule has 0 aromatic heterocycles. The summed E-state index contributed by atoms with van der Waals surface area (Å²) in [4.78, 5) is 27.2. The fraction of sp³-hybridized carbons (Fsp3) is 0.353. The van der Waals surface area contributed by atoms with Crippen LogP contribution in [0.4, 0.5) is 0 Å². The van der Waals surface area contributed by atoms with Crippen molar-refractivity contribution < 1.29 is 19.1 Å². The van der Waals surface area contributed by atoms with Crippen LogP contribution in [0.2, 0.25) is 10.0 Å². The summed E-state index contributed by atoms with van der Waals surface area (Å²) in [6.07, 6.45) is 2.04. The number of ether oxygens (including phenoxy) is 2. The van der Waals surface area contributed by atoms with Crippen molar-refractivity contribution in [1.29, 1.82) is 0 Å². The van der Waals surface area contributed by atoms with Crippen LogP contribution in [-0.4, -0.2) is 11.6 Å². The van der Waals surface area contributed by atoms with Crippen LogP contribution < -0.4 is 4.74 Å². The Labute approximate surface area is 244 Å². The van der Waals surface area contributed by atoms with Crippen molar-refractivity contribution in [2.75, 3.05) is 0 Å². The molecule has 4 nitrogen and oxygen atoms in total. The molecule has 0 amide bonds. The third-order valence-electron chi connectivity index (χ3n) is 8.19. The van der Waals surface area contributed by atoms with Crippen LogP contribution in [0.3, 0.4) is 0 Å². The highest BCUT2D eigenvalue weighted by molar-refractivity contribution is 6.37. The molecule has 3 aliphatic rings. The Hall–Kier alpha value is -3.08. The van der Waals surface area contributed by atoms with Gasteiger partial charge in [0.2, 0.25) is 0 Å². The Morgan fingerprint density at radius 1 is 0.800 bits per heavy atom. The molecule has 0 unspecified atom stereocenters. The van der Waals surface area contributed by atoms with E-state index in [1.165, 1.54) is 0 Å². The standard InChI is InChI=1S/C34H32Cl2O4/c1-33(2)14-25(37)30-27(16-33)40-28-17-34(3,4)15-26(38)31(28)29(30)21-12-23(35)32(24(36)13-21)39-18-20-10-7-9-19-8-5-6-11-22(19)20/h5-13,29H,14-18H2,1-4H3. The number of allylic oxidation sites excluding steroid dienone is 4. The van der Waals surface area contributed by atoms with Gasteiger partial charge in [0.1, 0.15) is 18.1 Å². The molecule has 0 radical (unpaired) electrons. The topological polar surface area (TPSA) is 52.6 Å². The average Bonchev–Trinajstić information content (AvgIpc) is 2.85. The number of hydrogen-bond donors (Lipinski definition) is 0. The number of rotatable bonds is 4. The monoisotopic (exact) mass is 574 g/mol. The molecule has 40 heavy (non-hydrogen) atoms. The van der Waals surface area contributed by atoms with Crippen molar-refractivity contribution in [1.82, 2.24) is 0 Å². The summed E-state index contributed by atoms with van der Waals surface area (Å²) in [5.41, 5.74) is 2.40. The van der Waals surface area contributed by atoms with Gasteiger partial charge in [-0.1, -0.05) is 93.4 Å². The quantitative estimate of drug-likeness (QED) is 0.311. The van der Waals surface area contributed by atoms with Crippen LogP contribution in [0, 0.1) is 10.8 Å². The fourth-order valence-electron chi connectivity index (χ4n) is 6.46. The minimum atomic E-state index is -0.562. The van der Waals surface area contributed by atoms with E-state index < -0.39 is 5.92 Å². The van der Waals surface area contributed by atoms with E-state index in [0.29, 0.717) is 76.3 Å². The van der Waals surface area contributed by atoms with Gasteiger partial charge in [-0.3, -0.25) is 9.59 Å². The largest absolute Gasteiger partial charge is 0.486 e. The Bertz CT molecular complexity index is 1560. The number of fused-ring (bicyclic) bond motifs is 1. The molecular formula is C34H32Cl2O4. The number of halogens is 2. The zero-order valence-corrected chi connectivity index (χ0v) is 24.7. The van der Waals surface area contributed by atoms with E-state index in [-0.39, 0.29) is 22.4 Å². The first-order valence-electron chi connectivity index (χ1n) is 13.7. The molecule has 206 valence electrons. The summed E-state index contributed by atoms with van der Waals surface area (Å²) >= 11 is 13.6. The summed E-state index contributed by atoms with van der Waals surface area (Å²) in [6, 6.07) is 17.8. The number of benzene rings is 3. The average molecular weight is 576 g/mol. The molecular weight excluding hydrogens is 543 g/mol. The lowest BCUT2D eigenvalue weighted by Crippen LogP contribution is -2.37. The van der Waals surface area contributed by atoms with Gasteiger partial charge in [-0.05, 0) is 44.9 Å². The van der Waals surface area contributed by atoms with Gasteiger partial charge >= 0.3 is 0 Å². The Morgan fingerprint density at radius 2 is 1.35 bits per heavy atom. The summed E-state index contributed by atoms with van der Waals surface area (Å²) in [6.45, 7) is 8.58. The van der Waals surface area contributed by atoms with E-state index >= 15 is 0 Å². The molecule has 0 fully saturated rings. The van der Waals surface area contributed by atoms with Gasteiger partial charge in [-0.2, -0.15) is 0 Å². The summed E-state index contributed by atoms with van der Waals surface area (Å²) in [7, 11) is 0. The molecule has 0 N–H and O–H groups in total. The van der Waals surface area contributed by atoms with Crippen molar-refractivity contribution in [3.8, 4) is 5.75 Å². The van der Waals surface area contributed by atoms with E-state index in [2.05, 4.69) is 45.9 Å². The number of hydrogen-bond acceptors (Lipinski definition) is 4. The second kappa shape index (κ2) is 9.78. The predicted molar refractivity (Wildman–Crippen MR) is 159 cm³/mol. The molecule has 1 aliphatic heterocycles. The smallest absolute Gasteiger partial charge is 0.163 e. The predicted octanol–water partition coefficient (Wildman–Crippen LogP) is 9.13. The van der Waals surface area contributed by atoms with Gasteiger partial charge in [0.15, 0.2) is 17.3 Å². The second-order valence-corrected chi connectivity index (χ2v) is 13.6. The second-order valence-electron chi connectivity index (χ2n) is 12.8. The third kappa shape index (κ3) is 4.86. The lowest BCUT2D eigenvalue weighted by molar-refractivity contribution is -0.120. The molecule has 3 aromatic carbocycles. The molecule has 0 bridgehead atoms. The maximum Gasteiger partial charge on any atom is 0.163 e. The van der Waals surface area contributed by atoms with Crippen molar-refractivity contribution in [2.24, 2.45) is 10.8 Å². The highest BCUT2D eigenvalue weighted by Crippen LogP contribution is 2.54. The van der Waals surface area contributed by atoms with Crippen LogP contribution in [0.15, 0.2) is 77.3 Å². The Kier molecular flexibility index (Phi) is 6.63. The van der Waals surface area contributed by atoms with E-state index in [0.717, 1.165) is 16.3 Å². The lowest BCUT2D eigenvalue weighted by atomic mass is 9.65. The van der Waals surface area contributed by atoms with Crippen LogP contribution in [0.5, 0.6) is 5.75 Å². The van der Waals surface area contributed by atoms with E-state index in [4.69, 9.17) is 32.7 Å². The zero-order chi connectivity index (χ0) is 28.4. The highest BCUT2D eigenvalue weighted by atomic mass is 35.5. The van der Waals surface area contributed by atoms with E-state index in [1.807, 2.05) is 24.3 Å². The van der Waals surface area contributed by atoms with E-state index in [1.54, 1.807) is 12.1 Å². The van der Waals surface area contributed by atoms with Crippen LogP contribution >= 0.6 is 23.2 Å². The molecule has 0 spiro atoms. The molecule has 2 aliphatic carbocycles. The van der Waals surface area contributed by atoms with Crippen molar-refractivity contribution in [2.45, 2.75) is 65.9 Å². The summed E-state index contributed by atoms with van der Waals surface area (Å²) in [5.74, 6) is 1.15. The minimum Gasteiger partial charge on any atom is -0.486 e. The summed E-state index contributed by atoms with van der Waals surface area (Å²) < 4.78 is 12.6. The lowest BCUT2D eigenvalue weighted by Gasteiger charge is -2.42. The van der Waals surface area contributed by atoms with E-state index in [9.17, 15) is 9.59 Å². The maximum atomic E-state index is 13.6. The van der Waals surface area contributed by atoms with Gasteiger partial charge in [-0.25, -0.2) is 0 Å². The van der Waals surface area contributed by atoms with Crippen LogP contribution in [-0.2, 0) is 20.9 Å². The molecule has 6 heteroatoms. The number of ketones is 2. The van der Waals surface area contributed by atoms with Crippen molar-refractivity contribution in [3.05, 3.63) is 98.4 Å². The molecule has 1 heterocycles. The first-order chi connectivity index (χ1) is 18.9. The highest BCUT2D eigenvalue weighted by Gasteiger charge is 2.48. The molecule has 0 saturated heterocycles. The third-order valence-corrected chi connectivity index (χ3v) is 8.75. The van der Waals surface area contributed by atoms with Gasteiger partial charge in [-0.15, -0.1) is 0 Å². The number of carbonyl (C=O) groups is 2.